The Hall–Kier alpha value is -0.580. The fourth-order valence-electron chi connectivity index (χ4n) is 1.77. The quantitative estimate of drug-likeness (QED) is 0.826. The predicted molar refractivity (Wildman–Crippen MR) is 57.6 cm³/mol. The number of hydrogen-bond donors (Lipinski definition) is 2. The molecule has 1 aliphatic carbocycles. The van der Waals surface area contributed by atoms with Gasteiger partial charge in [0.25, 0.3) is 0 Å². The van der Waals surface area contributed by atoms with Crippen LogP contribution in [0.2, 0.25) is 4.34 Å². The lowest BCUT2D eigenvalue weighted by Gasteiger charge is -2.10. The highest BCUT2D eigenvalue weighted by Crippen LogP contribution is 2.39. The van der Waals surface area contributed by atoms with Crippen LogP contribution in [0.1, 0.15) is 22.9 Å². The second-order valence-electron chi connectivity index (χ2n) is 3.37. The zero-order valence-corrected chi connectivity index (χ0v) is 9.12. The summed E-state index contributed by atoms with van der Waals surface area (Å²) in [5.74, 6) is -0.320. The number of carbonyl (C=O) groups excluding carboxylic acids is 1. The van der Waals surface area contributed by atoms with Crippen molar-refractivity contribution in [2.45, 2.75) is 18.9 Å². The molecule has 3 N–H and O–H groups in total. The number of fused-ring (bicyclic) bond motifs is 1. The van der Waals surface area contributed by atoms with Gasteiger partial charge >= 0.3 is 0 Å². The Bertz CT molecular complexity index is 364. The van der Waals surface area contributed by atoms with Gasteiger partial charge in [-0.3, -0.25) is 4.79 Å². The third kappa shape index (κ3) is 1.92. The molecule has 2 rings (SSSR count). The van der Waals surface area contributed by atoms with E-state index in [9.17, 15) is 4.79 Å². The number of halogens is 1. The van der Waals surface area contributed by atoms with Crippen molar-refractivity contribution >= 4 is 28.8 Å². The molecule has 0 aliphatic heterocycles. The van der Waals surface area contributed by atoms with Gasteiger partial charge in [0.2, 0.25) is 5.91 Å². The maximum atomic E-state index is 10.6. The molecule has 0 fully saturated rings. The van der Waals surface area contributed by atoms with Gasteiger partial charge in [-0.2, -0.15) is 0 Å². The number of hydrogen-bond acceptors (Lipinski definition) is 3. The molecular weight excluding hydrogens is 220 g/mol. The van der Waals surface area contributed by atoms with Crippen molar-refractivity contribution in [2.24, 2.45) is 5.73 Å². The number of nitrogens with two attached hydrogens (primary N) is 1. The molecule has 1 atom stereocenters. The summed E-state index contributed by atoms with van der Waals surface area (Å²) in [5.41, 5.74) is 6.31. The van der Waals surface area contributed by atoms with Crippen LogP contribution in [0.5, 0.6) is 0 Å². The van der Waals surface area contributed by atoms with E-state index in [0.29, 0.717) is 0 Å². The summed E-state index contributed by atoms with van der Waals surface area (Å²) in [6, 6.07) is 2.23. The number of aryl methyl sites for hydroxylation is 1. The number of thiophene rings is 1. The molecule has 14 heavy (non-hydrogen) atoms. The molecular formula is C9H11ClN2OS. The van der Waals surface area contributed by atoms with Crippen molar-refractivity contribution in [3.05, 3.63) is 20.8 Å². The van der Waals surface area contributed by atoms with Gasteiger partial charge in [0.05, 0.1) is 10.9 Å². The normalized spacial score (nSPS) is 19.6. The van der Waals surface area contributed by atoms with E-state index in [0.717, 1.165) is 17.2 Å². The maximum absolute atomic E-state index is 10.6. The molecule has 1 aromatic rings. The predicted octanol–water partition coefficient (Wildman–Crippen LogP) is 1.46. The number of primary amides is 1. The largest absolute Gasteiger partial charge is 0.369 e. The minimum atomic E-state index is -0.320. The molecule has 1 heterocycles. The zero-order valence-electron chi connectivity index (χ0n) is 7.55. The average molecular weight is 231 g/mol. The van der Waals surface area contributed by atoms with E-state index in [1.165, 1.54) is 10.4 Å². The minimum absolute atomic E-state index is 0.234. The van der Waals surface area contributed by atoms with Crippen LogP contribution < -0.4 is 11.1 Å². The smallest absolute Gasteiger partial charge is 0.231 e. The standard InChI is InChI=1S/C9H11ClN2OS/c10-8-3-5-6(12-4-9(11)13)1-2-7(5)14-8/h3,6,12H,1-2,4H2,(H2,11,13). The molecule has 0 radical (unpaired) electrons. The van der Waals surface area contributed by atoms with Crippen molar-refractivity contribution in [1.82, 2.24) is 5.32 Å². The molecule has 1 unspecified atom stereocenters. The second kappa shape index (κ2) is 3.88. The number of amides is 1. The van der Waals surface area contributed by atoms with Crippen molar-refractivity contribution in [2.75, 3.05) is 6.54 Å². The summed E-state index contributed by atoms with van der Waals surface area (Å²) in [6.45, 7) is 0.234. The number of nitrogens with one attached hydrogen (secondary N) is 1. The molecule has 1 aromatic heterocycles. The van der Waals surface area contributed by atoms with Gasteiger partial charge in [-0.1, -0.05) is 11.6 Å². The molecule has 0 saturated heterocycles. The van der Waals surface area contributed by atoms with Crippen molar-refractivity contribution < 1.29 is 4.79 Å². The van der Waals surface area contributed by atoms with E-state index < -0.39 is 0 Å². The van der Waals surface area contributed by atoms with Crippen molar-refractivity contribution in [3.8, 4) is 0 Å². The Kier molecular flexibility index (Phi) is 2.76. The van der Waals surface area contributed by atoms with Crippen LogP contribution in [0.3, 0.4) is 0 Å². The van der Waals surface area contributed by atoms with E-state index in [4.69, 9.17) is 17.3 Å². The number of carbonyl (C=O) groups is 1. The highest BCUT2D eigenvalue weighted by Gasteiger charge is 2.24. The highest BCUT2D eigenvalue weighted by molar-refractivity contribution is 7.16. The fraction of sp³-hybridized carbons (Fsp3) is 0.444. The monoisotopic (exact) mass is 230 g/mol. The van der Waals surface area contributed by atoms with Gasteiger partial charge in [0.15, 0.2) is 0 Å². The fourth-order valence-corrected chi connectivity index (χ4v) is 3.12. The van der Waals surface area contributed by atoms with Crippen LogP contribution in [-0.2, 0) is 11.2 Å². The zero-order chi connectivity index (χ0) is 10.1. The van der Waals surface area contributed by atoms with Crippen molar-refractivity contribution in [1.29, 1.82) is 0 Å². The SMILES string of the molecule is NC(=O)CNC1CCc2sc(Cl)cc21. The summed E-state index contributed by atoms with van der Waals surface area (Å²) < 4.78 is 0.820. The molecule has 0 bridgehead atoms. The van der Waals surface area contributed by atoms with Gasteiger partial charge < -0.3 is 11.1 Å². The van der Waals surface area contributed by atoms with Crippen LogP contribution in [0.15, 0.2) is 6.07 Å². The van der Waals surface area contributed by atoms with E-state index in [1.54, 1.807) is 11.3 Å². The Morgan fingerprint density at radius 3 is 3.29 bits per heavy atom. The lowest BCUT2D eigenvalue weighted by molar-refractivity contribution is -0.117. The maximum Gasteiger partial charge on any atom is 0.231 e. The first kappa shape index (κ1) is 9.96. The second-order valence-corrected chi connectivity index (χ2v) is 5.14. The lowest BCUT2D eigenvalue weighted by Crippen LogP contribution is -2.30. The third-order valence-electron chi connectivity index (χ3n) is 2.37. The Morgan fingerprint density at radius 2 is 2.57 bits per heavy atom. The van der Waals surface area contributed by atoms with E-state index in [-0.39, 0.29) is 18.5 Å². The van der Waals surface area contributed by atoms with Crippen LogP contribution >= 0.6 is 22.9 Å². The Balaban J connectivity index is 2.06. The summed E-state index contributed by atoms with van der Waals surface area (Å²) in [5, 5.41) is 3.12. The molecule has 1 amide bonds. The van der Waals surface area contributed by atoms with Gasteiger partial charge in [0.1, 0.15) is 0 Å². The topological polar surface area (TPSA) is 55.1 Å². The number of rotatable bonds is 3. The van der Waals surface area contributed by atoms with Crippen LogP contribution in [0.25, 0.3) is 0 Å². The van der Waals surface area contributed by atoms with E-state index >= 15 is 0 Å². The van der Waals surface area contributed by atoms with Gasteiger partial charge in [-0.05, 0) is 24.5 Å². The lowest BCUT2D eigenvalue weighted by atomic mass is 10.2. The summed E-state index contributed by atoms with van der Waals surface area (Å²) >= 11 is 7.53. The van der Waals surface area contributed by atoms with Crippen LogP contribution in [-0.4, -0.2) is 12.5 Å². The molecule has 0 saturated carbocycles. The minimum Gasteiger partial charge on any atom is -0.369 e. The third-order valence-corrected chi connectivity index (χ3v) is 3.71. The molecule has 3 nitrogen and oxygen atoms in total. The first-order valence-electron chi connectivity index (χ1n) is 4.46. The van der Waals surface area contributed by atoms with Crippen LogP contribution in [0, 0.1) is 0 Å². The van der Waals surface area contributed by atoms with Gasteiger partial charge in [0, 0.05) is 10.9 Å². The van der Waals surface area contributed by atoms with Crippen LogP contribution in [0.4, 0.5) is 0 Å². The molecule has 0 aromatic carbocycles. The van der Waals surface area contributed by atoms with Gasteiger partial charge in [-0.15, -0.1) is 11.3 Å². The van der Waals surface area contributed by atoms with E-state index in [1.807, 2.05) is 6.07 Å². The molecule has 0 spiro atoms. The van der Waals surface area contributed by atoms with Crippen molar-refractivity contribution in [3.63, 3.8) is 0 Å². The summed E-state index contributed by atoms with van der Waals surface area (Å²) in [6.07, 6.45) is 2.08. The summed E-state index contributed by atoms with van der Waals surface area (Å²) in [4.78, 5) is 11.9. The summed E-state index contributed by atoms with van der Waals surface area (Å²) in [7, 11) is 0. The molecule has 1 aliphatic rings. The molecule has 76 valence electrons. The average Bonchev–Trinajstić information content (AvgIpc) is 2.60. The molecule has 5 heteroatoms. The first-order valence-corrected chi connectivity index (χ1v) is 5.66. The van der Waals surface area contributed by atoms with Gasteiger partial charge in [-0.25, -0.2) is 0 Å². The first-order chi connectivity index (χ1) is 6.66. The Morgan fingerprint density at radius 1 is 1.79 bits per heavy atom. The Labute approximate surface area is 91.2 Å². The highest BCUT2D eigenvalue weighted by atomic mass is 35.5. The van der Waals surface area contributed by atoms with E-state index in [2.05, 4.69) is 5.32 Å².